The minimum atomic E-state index is -0.0636. The number of hydrogen-bond acceptors (Lipinski definition) is 4. The average Bonchev–Trinajstić information content (AvgIpc) is 3.01. The number of amides is 1. The number of carbonyl (C=O) groups is 1. The van der Waals surface area contributed by atoms with E-state index in [1.807, 2.05) is 18.2 Å². The molecule has 0 fully saturated rings. The van der Waals surface area contributed by atoms with Gasteiger partial charge in [0, 0.05) is 44.2 Å². The summed E-state index contributed by atoms with van der Waals surface area (Å²) < 4.78 is 2.39. The van der Waals surface area contributed by atoms with E-state index in [-0.39, 0.29) is 5.91 Å². The first-order chi connectivity index (χ1) is 14.4. The lowest BCUT2D eigenvalue weighted by Crippen LogP contribution is -2.34. The van der Waals surface area contributed by atoms with Crippen molar-refractivity contribution in [3.8, 4) is 0 Å². The van der Waals surface area contributed by atoms with Crippen molar-refractivity contribution < 1.29 is 4.79 Å². The average molecular weight is 406 g/mol. The lowest BCUT2D eigenvalue weighted by Gasteiger charge is -2.29. The number of pyridine rings is 1. The maximum Gasteiger partial charge on any atom is 0.221 e. The third kappa shape index (κ3) is 4.54. The maximum absolute atomic E-state index is 11.3. The highest BCUT2D eigenvalue weighted by atomic mass is 16.1. The van der Waals surface area contributed by atoms with Crippen LogP contribution in [0.4, 0.5) is 5.69 Å². The van der Waals surface area contributed by atoms with Crippen LogP contribution in [0.2, 0.25) is 0 Å². The number of aromatic nitrogens is 3. The highest BCUT2D eigenvalue weighted by Crippen LogP contribution is 2.23. The molecule has 1 aliphatic rings. The summed E-state index contributed by atoms with van der Waals surface area (Å²) in [4.78, 5) is 23.5. The molecule has 0 radical (unpaired) electrons. The van der Waals surface area contributed by atoms with Crippen LogP contribution < -0.4 is 5.32 Å². The number of fused-ring (bicyclic) bond motifs is 2. The molecule has 158 valence electrons. The molecule has 0 saturated carbocycles. The van der Waals surface area contributed by atoms with Gasteiger partial charge in [0.25, 0.3) is 0 Å². The monoisotopic (exact) mass is 405 g/mol. The molecule has 30 heavy (non-hydrogen) atoms. The lowest BCUT2D eigenvalue weighted by atomic mass is 10.0. The molecule has 4 rings (SSSR count). The Bertz CT molecular complexity index is 1070. The first kappa shape index (κ1) is 20.5. The predicted octanol–water partition coefficient (Wildman–Crippen LogP) is 4.30. The number of nitrogens with one attached hydrogen (secondary N) is 1. The number of anilines is 1. The molecule has 3 heterocycles. The summed E-state index contributed by atoms with van der Waals surface area (Å²) in [5.41, 5.74) is 5.47. The van der Waals surface area contributed by atoms with E-state index in [9.17, 15) is 4.79 Å². The van der Waals surface area contributed by atoms with E-state index in [1.165, 1.54) is 24.7 Å². The molecular weight excluding hydrogens is 374 g/mol. The normalized spacial score (nSPS) is 14.3. The highest BCUT2D eigenvalue weighted by molar-refractivity contribution is 5.92. The van der Waals surface area contributed by atoms with Crippen molar-refractivity contribution in [3.05, 3.63) is 53.2 Å². The summed E-state index contributed by atoms with van der Waals surface area (Å²) in [6.07, 6.45) is 2.23. The second-order valence-corrected chi connectivity index (χ2v) is 8.74. The molecule has 0 atom stereocenters. The molecule has 1 amide bonds. The Labute approximate surface area is 178 Å². The topological polar surface area (TPSA) is 63.1 Å². The quantitative estimate of drug-likeness (QED) is 0.664. The van der Waals surface area contributed by atoms with Gasteiger partial charge in [-0.2, -0.15) is 0 Å². The van der Waals surface area contributed by atoms with Crippen LogP contribution in [0, 0.1) is 12.8 Å². The van der Waals surface area contributed by atoms with E-state index in [0.717, 1.165) is 60.7 Å². The van der Waals surface area contributed by atoms with Gasteiger partial charge in [0.1, 0.15) is 5.82 Å². The van der Waals surface area contributed by atoms with Crippen molar-refractivity contribution in [1.82, 2.24) is 19.4 Å². The van der Waals surface area contributed by atoms with Gasteiger partial charge in [-0.25, -0.2) is 4.98 Å². The van der Waals surface area contributed by atoms with E-state index in [0.29, 0.717) is 5.92 Å². The summed E-state index contributed by atoms with van der Waals surface area (Å²) in [5, 5.41) is 3.86. The van der Waals surface area contributed by atoms with Crippen molar-refractivity contribution in [1.29, 1.82) is 0 Å². The number of nitrogens with zero attached hydrogens (tertiary/aromatic N) is 4. The zero-order valence-corrected chi connectivity index (χ0v) is 18.4. The van der Waals surface area contributed by atoms with E-state index in [1.54, 1.807) is 0 Å². The SMILES string of the molecule is CC(=O)Nc1ccc2nc(CN3CCn4c(C)nc(CCC(C)C)c4C3)ccc2c1. The van der Waals surface area contributed by atoms with E-state index < -0.39 is 0 Å². The molecule has 2 aromatic heterocycles. The number of hydrogen-bond donors (Lipinski definition) is 1. The number of aryl methyl sites for hydroxylation is 2. The second-order valence-electron chi connectivity index (χ2n) is 8.74. The van der Waals surface area contributed by atoms with Crippen molar-refractivity contribution in [2.45, 2.75) is 60.2 Å². The maximum atomic E-state index is 11.3. The van der Waals surface area contributed by atoms with Crippen molar-refractivity contribution in [3.63, 3.8) is 0 Å². The van der Waals surface area contributed by atoms with Crippen LogP contribution in [-0.2, 0) is 30.8 Å². The third-order valence-electron chi connectivity index (χ3n) is 5.77. The molecule has 3 aromatic rings. The van der Waals surface area contributed by atoms with Gasteiger partial charge in [0.05, 0.1) is 22.6 Å². The van der Waals surface area contributed by atoms with Crippen LogP contribution in [0.5, 0.6) is 0 Å². The molecule has 0 saturated heterocycles. The Morgan fingerprint density at radius 3 is 2.77 bits per heavy atom. The third-order valence-corrected chi connectivity index (χ3v) is 5.77. The van der Waals surface area contributed by atoms with Gasteiger partial charge in [-0.05, 0) is 49.9 Å². The summed E-state index contributed by atoms with van der Waals surface area (Å²) in [6.45, 7) is 11.9. The van der Waals surface area contributed by atoms with Gasteiger partial charge < -0.3 is 9.88 Å². The van der Waals surface area contributed by atoms with Crippen LogP contribution >= 0.6 is 0 Å². The lowest BCUT2D eigenvalue weighted by molar-refractivity contribution is -0.114. The molecule has 1 aromatic carbocycles. The second kappa shape index (κ2) is 8.56. The minimum absolute atomic E-state index is 0.0636. The Balaban J connectivity index is 1.49. The number of carbonyl (C=O) groups excluding carboxylic acids is 1. The Morgan fingerprint density at radius 2 is 2.00 bits per heavy atom. The smallest absolute Gasteiger partial charge is 0.221 e. The highest BCUT2D eigenvalue weighted by Gasteiger charge is 2.23. The standard InChI is InChI=1S/C24H31N5O/c1-16(2)5-9-23-24-15-28(11-12-29(24)17(3)25-23)14-21-7-6-19-13-20(26-18(4)30)8-10-22(19)27-21/h6-8,10,13,16H,5,9,11-12,14-15H2,1-4H3,(H,26,30). The molecule has 0 spiro atoms. The van der Waals surface area contributed by atoms with Gasteiger partial charge >= 0.3 is 0 Å². The van der Waals surface area contributed by atoms with Crippen LogP contribution in [0.25, 0.3) is 10.9 Å². The molecule has 6 heteroatoms. The van der Waals surface area contributed by atoms with Gasteiger partial charge in [-0.15, -0.1) is 0 Å². The molecular formula is C24H31N5O. The predicted molar refractivity (Wildman–Crippen MR) is 120 cm³/mol. The molecule has 1 N–H and O–H groups in total. The summed E-state index contributed by atoms with van der Waals surface area (Å²) in [7, 11) is 0. The summed E-state index contributed by atoms with van der Waals surface area (Å²) in [6, 6.07) is 10.0. The van der Waals surface area contributed by atoms with Crippen molar-refractivity contribution >= 4 is 22.5 Å². The fraction of sp³-hybridized carbons (Fsp3) is 0.458. The zero-order valence-electron chi connectivity index (χ0n) is 18.4. The van der Waals surface area contributed by atoms with Gasteiger partial charge in [-0.1, -0.05) is 19.9 Å². The van der Waals surface area contributed by atoms with E-state index >= 15 is 0 Å². The zero-order chi connectivity index (χ0) is 21.3. The molecule has 1 aliphatic heterocycles. The van der Waals surface area contributed by atoms with Gasteiger partial charge in [0.2, 0.25) is 5.91 Å². The minimum Gasteiger partial charge on any atom is -0.330 e. The summed E-state index contributed by atoms with van der Waals surface area (Å²) >= 11 is 0. The van der Waals surface area contributed by atoms with Crippen LogP contribution in [0.1, 0.15) is 50.1 Å². The van der Waals surface area contributed by atoms with Crippen molar-refractivity contribution in [2.75, 3.05) is 11.9 Å². The van der Waals surface area contributed by atoms with Crippen LogP contribution in [-0.4, -0.2) is 31.9 Å². The van der Waals surface area contributed by atoms with E-state index in [4.69, 9.17) is 9.97 Å². The van der Waals surface area contributed by atoms with Crippen LogP contribution in [0.3, 0.4) is 0 Å². The number of benzene rings is 1. The Hall–Kier alpha value is -2.73. The Kier molecular flexibility index (Phi) is 5.86. The summed E-state index contributed by atoms with van der Waals surface area (Å²) in [5.74, 6) is 1.77. The fourth-order valence-corrected chi connectivity index (χ4v) is 4.20. The largest absolute Gasteiger partial charge is 0.330 e. The van der Waals surface area contributed by atoms with Gasteiger partial charge in [-0.3, -0.25) is 14.7 Å². The van der Waals surface area contributed by atoms with Crippen LogP contribution in [0.15, 0.2) is 30.3 Å². The first-order valence-electron chi connectivity index (χ1n) is 10.8. The molecule has 0 bridgehead atoms. The molecule has 0 unspecified atom stereocenters. The molecule has 6 nitrogen and oxygen atoms in total. The van der Waals surface area contributed by atoms with Gasteiger partial charge in [0.15, 0.2) is 0 Å². The number of imidazole rings is 1. The fourth-order valence-electron chi connectivity index (χ4n) is 4.20. The Morgan fingerprint density at radius 1 is 1.17 bits per heavy atom. The number of rotatable bonds is 6. The van der Waals surface area contributed by atoms with Crippen molar-refractivity contribution in [2.24, 2.45) is 5.92 Å². The van der Waals surface area contributed by atoms with E-state index in [2.05, 4.69) is 47.7 Å². The molecule has 0 aliphatic carbocycles. The first-order valence-corrected chi connectivity index (χ1v) is 10.8.